The first-order chi connectivity index (χ1) is 9.66. The van der Waals surface area contributed by atoms with Crippen molar-refractivity contribution < 1.29 is 9.90 Å². The van der Waals surface area contributed by atoms with Crippen molar-refractivity contribution in [1.29, 1.82) is 0 Å². The number of anilines is 1. The van der Waals surface area contributed by atoms with Gasteiger partial charge in [-0.3, -0.25) is 9.78 Å². The molecule has 5 nitrogen and oxygen atoms in total. The summed E-state index contributed by atoms with van der Waals surface area (Å²) in [5, 5.41) is 15.8. The van der Waals surface area contributed by atoms with E-state index < -0.39 is 0 Å². The lowest BCUT2D eigenvalue weighted by atomic mass is 9.87. The molecule has 1 aromatic heterocycles. The Bertz CT molecular complexity index is 450. The van der Waals surface area contributed by atoms with Gasteiger partial charge in [0.2, 0.25) is 5.91 Å². The summed E-state index contributed by atoms with van der Waals surface area (Å²) in [6, 6.07) is 1.93. The van der Waals surface area contributed by atoms with Crippen LogP contribution in [0.25, 0.3) is 0 Å². The quantitative estimate of drug-likeness (QED) is 0.713. The molecule has 0 radical (unpaired) electrons. The summed E-state index contributed by atoms with van der Waals surface area (Å²) < 4.78 is 0. The van der Waals surface area contributed by atoms with Crippen molar-refractivity contribution in [2.45, 2.75) is 38.7 Å². The Labute approximate surface area is 119 Å². The number of aryl methyl sites for hydroxylation is 1. The highest BCUT2D eigenvalue weighted by Crippen LogP contribution is 2.24. The van der Waals surface area contributed by atoms with Gasteiger partial charge in [0.1, 0.15) is 0 Å². The van der Waals surface area contributed by atoms with Gasteiger partial charge in [0.05, 0.1) is 6.10 Å². The molecular weight excluding hydrogens is 254 g/mol. The minimum Gasteiger partial charge on any atom is -0.393 e. The molecule has 2 rings (SSSR count). The van der Waals surface area contributed by atoms with Gasteiger partial charge in [-0.15, -0.1) is 0 Å². The highest BCUT2D eigenvalue weighted by Gasteiger charge is 2.25. The van der Waals surface area contributed by atoms with Crippen molar-refractivity contribution in [3.05, 3.63) is 24.0 Å². The van der Waals surface area contributed by atoms with E-state index in [0.717, 1.165) is 30.5 Å². The maximum atomic E-state index is 12.0. The van der Waals surface area contributed by atoms with Gasteiger partial charge in [0.15, 0.2) is 0 Å². The number of hydrogen-bond donors (Lipinski definition) is 3. The molecule has 3 N–H and O–H groups in total. The van der Waals surface area contributed by atoms with Crippen LogP contribution in [0.1, 0.15) is 31.2 Å². The lowest BCUT2D eigenvalue weighted by molar-refractivity contribution is -0.127. The average molecular weight is 277 g/mol. The SMILES string of the molecule is Cc1cnccc1NCCNC(=O)[C@H]1CCC[C@H](O)C1. The molecule has 1 amide bonds. The summed E-state index contributed by atoms with van der Waals surface area (Å²) in [6.45, 7) is 3.27. The van der Waals surface area contributed by atoms with Gasteiger partial charge < -0.3 is 15.7 Å². The van der Waals surface area contributed by atoms with Crippen molar-refractivity contribution in [1.82, 2.24) is 10.3 Å². The van der Waals surface area contributed by atoms with Crippen LogP contribution in [-0.2, 0) is 4.79 Å². The van der Waals surface area contributed by atoms with Crippen LogP contribution in [0.4, 0.5) is 5.69 Å². The molecule has 0 unspecified atom stereocenters. The molecule has 1 aromatic rings. The molecule has 1 heterocycles. The van der Waals surface area contributed by atoms with Gasteiger partial charge in [-0.25, -0.2) is 0 Å². The molecule has 0 spiro atoms. The number of aliphatic hydroxyl groups is 1. The Kier molecular flexibility index (Phi) is 5.35. The number of nitrogens with one attached hydrogen (secondary N) is 2. The van der Waals surface area contributed by atoms with Gasteiger partial charge in [-0.1, -0.05) is 6.42 Å². The van der Waals surface area contributed by atoms with Gasteiger partial charge >= 0.3 is 0 Å². The molecule has 1 fully saturated rings. The zero-order valence-electron chi connectivity index (χ0n) is 11.9. The Morgan fingerprint density at radius 3 is 3.05 bits per heavy atom. The standard InChI is InChI=1S/C15H23N3O2/c1-11-10-16-6-5-14(11)17-7-8-18-15(20)12-3-2-4-13(19)9-12/h5-6,10,12-13,19H,2-4,7-9H2,1H3,(H,16,17)(H,18,20)/t12-,13-/m0/s1. The van der Waals surface area contributed by atoms with Crippen molar-refractivity contribution in [3.8, 4) is 0 Å². The zero-order valence-corrected chi connectivity index (χ0v) is 11.9. The van der Waals surface area contributed by atoms with Crippen LogP contribution in [0.5, 0.6) is 0 Å². The Morgan fingerprint density at radius 2 is 2.30 bits per heavy atom. The first-order valence-electron chi connectivity index (χ1n) is 7.27. The van der Waals surface area contributed by atoms with E-state index >= 15 is 0 Å². The van der Waals surface area contributed by atoms with E-state index in [4.69, 9.17) is 0 Å². The zero-order chi connectivity index (χ0) is 14.4. The summed E-state index contributed by atoms with van der Waals surface area (Å²) in [4.78, 5) is 16.0. The highest BCUT2D eigenvalue weighted by atomic mass is 16.3. The van der Waals surface area contributed by atoms with E-state index in [1.165, 1.54) is 0 Å². The number of pyridine rings is 1. The van der Waals surface area contributed by atoms with Gasteiger partial charge in [0.25, 0.3) is 0 Å². The van der Waals surface area contributed by atoms with Crippen LogP contribution in [0, 0.1) is 12.8 Å². The predicted octanol–water partition coefficient (Wildman–Crippen LogP) is 1.47. The maximum absolute atomic E-state index is 12.0. The number of carbonyl (C=O) groups is 1. The number of carbonyl (C=O) groups excluding carboxylic acids is 1. The Morgan fingerprint density at radius 1 is 1.45 bits per heavy atom. The van der Waals surface area contributed by atoms with Crippen LogP contribution in [0.3, 0.4) is 0 Å². The minimum absolute atomic E-state index is 0.0265. The molecule has 0 bridgehead atoms. The summed E-state index contributed by atoms with van der Waals surface area (Å²) >= 11 is 0. The monoisotopic (exact) mass is 277 g/mol. The third kappa shape index (κ3) is 4.20. The first kappa shape index (κ1) is 14.8. The molecule has 1 aliphatic carbocycles. The number of aromatic nitrogens is 1. The molecular formula is C15H23N3O2. The molecule has 1 aliphatic rings. The van der Waals surface area contributed by atoms with Crippen LogP contribution in [0.2, 0.25) is 0 Å². The summed E-state index contributed by atoms with van der Waals surface area (Å²) in [7, 11) is 0. The Hall–Kier alpha value is -1.62. The largest absolute Gasteiger partial charge is 0.393 e. The van der Waals surface area contributed by atoms with Gasteiger partial charge in [0, 0.05) is 37.1 Å². The van der Waals surface area contributed by atoms with E-state index in [-0.39, 0.29) is 17.9 Å². The van der Waals surface area contributed by atoms with Crippen molar-refractivity contribution in [3.63, 3.8) is 0 Å². The second-order valence-electron chi connectivity index (χ2n) is 5.43. The van der Waals surface area contributed by atoms with Crippen molar-refractivity contribution in [2.24, 2.45) is 5.92 Å². The normalized spacial score (nSPS) is 22.3. The lowest BCUT2D eigenvalue weighted by Crippen LogP contribution is -2.37. The number of aliphatic hydroxyl groups excluding tert-OH is 1. The average Bonchev–Trinajstić information content (AvgIpc) is 2.45. The third-order valence-electron chi connectivity index (χ3n) is 3.78. The molecule has 1 saturated carbocycles. The minimum atomic E-state index is -0.308. The molecule has 20 heavy (non-hydrogen) atoms. The predicted molar refractivity (Wildman–Crippen MR) is 78.4 cm³/mol. The fourth-order valence-corrected chi connectivity index (χ4v) is 2.60. The van der Waals surface area contributed by atoms with E-state index in [9.17, 15) is 9.90 Å². The van der Waals surface area contributed by atoms with Crippen LogP contribution in [0.15, 0.2) is 18.5 Å². The smallest absolute Gasteiger partial charge is 0.223 e. The summed E-state index contributed by atoms with van der Waals surface area (Å²) in [6.07, 6.45) is 6.50. The van der Waals surface area contributed by atoms with Crippen LogP contribution in [-0.4, -0.2) is 35.2 Å². The number of nitrogens with zero attached hydrogens (tertiary/aromatic N) is 1. The van der Waals surface area contributed by atoms with Crippen LogP contribution < -0.4 is 10.6 Å². The summed E-state index contributed by atoms with van der Waals surface area (Å²) in [5.74, 6) is 0.0402. The molecule has 0 aromatic carbocycles. The van der Waals surface area contributed by atoms with E-state index in [1.807, 2.05) is 19.2 Å². The second kappa shape index (κ2) is 7.24. The highest BCUT2D eigenvalue weighted by molar-refractivity contribution is 5.78. The maximum Gasteiger partial charge on any atom is 0.223 e. The van der Waals surface area contributed by atoms with E-state index in [2.05, 4.69) is 15.6 Å². The number of hydrogen-bond acceptors (Lipinski definition) is 4. The third-order valence-corrected chi connectivity index (χ3v) is 3.78. The first-order valence-corrected chi connectivity index (χ1v) is 7.27. The Balaban J connectivity index is 1.68. The van der Waals surface area contributed by atoms with Crippen molar-refractivity contribution >= 4 is 11.6 Å². The number of amides is 1. The topological polar surface area (TPSA) is 74.2 Å². The van der Waals surface area contributed by atoms with E-state index in [0.29, 0.717) is 19.5 Å². The molecule has 2 atom stereocenters. The number of rotatable bonds is 5. The van der Waals surface area contributed by atoms with Gasteiger partial charge in [-0.2, -0.15) is 0 Å². The van der Waals surface area contributed by atoms with Gasteiger partial charge in [-0.05, 0) is 37.8 Å². The van der Waals surface area contributed by atoms with E-state index in [1.54, 1.807) is 6.20 Å². The van der Waals surface area contributed by atoms with Crippen molar-refractivity contribution in [2.75, 3.05) is 18.4 Å². The second-order valence-corrected chi connectivity index (χ2v) is 5.43. The lowest BCUT2D eigenvalue weighted by Gasteiger charge is -2.24. The molecule has 110 valence electrons. The fraction of sp³-hybridized carbons (Fsp3) is 0.600. The van der Waals surface area contributed by atoms with Crippen LogP contribution >= 0.6 is 0 Å². The summed E-state index contributed by atoms with van der Waals surface area (Å²) in [5.41, 5.74) is 2.14. The molecule has 0 aliphatic heterocycles. The molecule has 5 heteroatoms. The molecule has 0 saturated heterocycles. The fourth-order valence-electron chi connectivity index (χ4n) is 2.60.